The molecule has 0 atom stereocenters. The van der Waals surface area contributed by atoms with Gasteiger partial charge in [0, 0.05) is 32.4 Å². The van der Waals surface area contributed by atoms with Crippen molar-refractivity contribution >= 4 is 17.3 Å². The zero-order valence-corrected chi connectivity index (χ0v) is 13.0. The Labute approximate surface area is 128 Å². The maximum absolute atomic E-state index is 11.2. The maximum atomic E-state index is 11.2. The van der Waals surface area contributed by atoms with Gasteiger partial charge in [0.2, 0.25) is 5.70 Å². The normalized spacial score (nSPS) is 19.0. The zero-order valence-electron chi connectivity index (χ0n) is 13.0. The van der Waals surface area contributed by atoms with Gasteiger partial charge in [-0.3, -0.25) is 9.89 Å². The van der Waals surface area contributed by atoms with Crippen LogP contribution in [0.3, 0.4) is 0 Å². The fraction of sp³-hybridized carbons (Fsp3) is 0.357. The number of hydrogen-bond acceptors (Lipinski definition) is 7. The highest BCUT2D eigenvalue weighted by Crippen LogP contribution is 2.25. The average molecular weight is 302 g/mol. The molecular formula is C14H18N6O2. The zero-order chi connectivity index (χ0) is 16.3. The van der Waals surface area contributed by atoms with E-state index in [0.29, 0.717) is 23.8 Å². The third-order valence-electron chi connectivity index (χ3n) is 2.77. The van der Waals surface area contributed by atoms with Crippen LogP contribution in [0.15, 0.2) is 50.8 Å². The third-order valence-corrected chi connectivity index (χ3v) is 2.77. The van der Waals surface area contributed by atoms with Crippen LogP contribution < -0.4 is 0 Å². The molecule has 0 aliphatic carbocycles. The molecule has 8 nitrogen and oxygen atoms in total. The Hall–Kier alpha value is -2.61. The Morgan fingerprint density at radius 1 is 1.23 bits per heavy atom. The van der Waals surface area contributed by atoms with Crippen molar-refractivity contribution in [3.8, 4) is 0 Å². The van der Waals surface area contributed by atoms with Crippen LogP contribution in [0.5, 0.6) is 0 Å². The predicted molar refractivity (Wildman–Crippen MR) is 86.8 cm³/mol. The van der Waals surface area contributed by atoms with Crippen LogP contribution in [-0.2, 0) is 0 Å². The highest BCUT2D eigenvalue weighted by Gasteiger charge is 2.31. The van der Waals surface area contributed by atoms with Gasteiger partial charge in [-0.05, 0) is 30.1 Å². The number of fused-ring (bicyclic) bond motifs is 1. The van der Waals surface area contributed by atoms with E-state index in [1.54, 1.807) is 12.2 Å². The minimum Gasteiger partial charge on any atom is -0.383 e. The molecule has 2 aliphatic rings. The van der Waals surface area contributed by atoms with Crippen molar-refractivity contribution in [1.82, 2.24) is 9.80 Å². The van der Waals surface area contributed by atoms with Gasteiger partial charge >= 0.3 is 5.84 Å². The molecule has 116 valence electrons. The molecule has 0 aromatic heterocycles. The van der Waals surface area contributed by atoms with Crippen LogP contribution in [0.25, 0.3) is 0 Å². The lowest BCUT2D eigenvalue weighted by molar-refractivity contribution is -0.346. The fourth-order valence-electron chi connectivity index (χ4n) is 1.78. The van der Waals surface area contributed by atoms with Crippen LogP contribution in [-0.4, -0.2) is 66.8 Å². The largest absolute Gasteiger partial charge is 0.389 e. The van der Waals surface area contributed by atoms with Crippen molar-refractivity contribution in [2.75, 3.05) is 34.9 Å². The number of rotatable bonds is 4. The Kier molecular flexibility index (Phi) is 4.62. The van der Waals surface area contributed by atoms with E-state index in [1.165, 1.54) is 0 Å². The second-order valence-electron chi connectivity index (χ2n) is 5.33. The van der Waals surface area contributed by atoms with Crippen molar-refractivity contribution in [3.63, 3.8) is 0 Å². The first-order chi connectivity index (χ1) is 10.4. The van der Waals surface area contributed by atoms with Gasteiger partial charge in [0.05, 0.1) is 12.4 Å². The summed E-state index contributed by atoms with van der Waals surface area (Å²) in [6.45, 7) is 0.349. The molecule has 0 fully saturated rings. The molecule has 0 amide bonds. The molecule has 0 bridgehead atoms. The molecule has 0 aromatic rings. The first kappa shape index (κ1) is 15.8. The number of nitrogens with zero attached hydrogens (tertiary/aromatic N) is 6. The summed E-state index contributed by atoms with van der Waals surface area (Å²) < 4.78 is 0. The van der Waals surface area contributed by atoms with E-state index in [9.17, 15) is 10.1 Å². The van der Waals surface area contributed by atoms with Crippen LogP contribution in [0.2, 0.25) is 0 Å². The Morgan fingerprint density at radius 3 is 2.50 bits per heavy atom. The predicted octanol–water partition coefficient (Wildman–Crippen LogP) is 0.933. The summed E-state index contributed by atoms with van der Waals surface area (Å²) in [5.41, 5.74) is 2.04. The van der Waals surface area contributed by atoms with Crippen molar-refractivity contribution in [3.05, 3.63) is 45.9 Å². The molecule has 2 aliphatic heterocycles. The van der Waals surface area contributed by atoms with Gasteiger partial charge in [0.25, 0.3) is 0 Å². The first-order valence-electron chi connectivity index (χ1n) is 6.66. The van der Waals surface area contributed by atoms with E-state index >= 15 is 0 Å². The summed E-state index contributed by atoms with van der Waals surface area (Å²) >= 11 is 0. The molecule has 0 saturated heterocycles. The molecule has 2 heterocycles. The van der Waals surface area contributed by atoms with E-state index < -0.39 is 4.92 Å². The molecular weight excluding hydrogens is 284 g/mol. The summed E-state index contributed by atoms with van der Waals surface area (Å²) in [7, 11) is 7.49. The van der Waals surface area contributed by atoms with Crippen molar-refractivity contribution in [2.45, 2.75) is 0 Å². The van der Waals surface area contributed by atoms with Gasteiger partial charge in [0.15, 0.2) is 5.71 Å². The van der Waals surface area contributed by atoms with E-state index in [0.717, 1.165) is 0 Å². The molecule has 0 saturated carbocycles. The molecule has 8 heteroatoms. The lowest BCUT2D eigenvalue weighted by Crippen LogP contribution is -2.26. The van der Waals surface area contributed by atoms with Crippen molar-refractivity contribution in [1.29, 1.82) is 0 Å². The van der Waals surface area contributed by atoms with E-state index in [1.807, 2.05) is 50.3 Å². The van der Waals surface area contributed by atoms with Gasteiger partial charge < -0.3 is 15.0 Å². The van der Waals surface area contributed by atoms with Crippen LogP contribution >= 0.6 is 0 Å². The second kappa shape index (κ2) is 6.44. The van der Waals surface area contributed by atoms with Crippen molar-refractivity contribution in [2.24, 2.45) is 15.0 Å². The summed E-state index contributed by atoms with van der Waals surface area (Å²) in [5, 5.41) is 11.2. The second-order valence-corrected chi connectivity index (χ2v) is 5.33. The number of aliphatic imine (C=N–C) groups is 3. The minimum absolute atomic E-state index is 0.243. The third kappa shape index (κ3) is 3.73. The number of hydrogen-bond donors (Lipinski definition) is 0. The van der Waals surface area contributed by atoms with Crippen molar-refractivity contribution < 1.29 is 4.92 Å². The van der Waals surface area contributed by atoms with Gasteiger partial charge in [0.1, 0.15) is 5.70 Å². The standard InChI is InChI=1S/C14H18N6O2/c1-18(2)6-5-10-7-11-12(16-10)8-13(15-9-19(3)4)14(17-11)20(21)22/h5-8H,9H2,1-4H3. The topological polar surface area (TPSA) is 86.7 Å². The molecule has 22 heavy (non-hydrogen) atoms. The number of nitro groups is 1. The SMILES string of the molecule is CN(C)C=CC1=NC2=CC(=NCN(C)C)C([N+](=O)[O-])=NC2=C1. The van der Waals surface area contributed by atoms with Gasteiger partial charge in [-0.15, -0.1) is 0 Å². The lowest BCUT2D eigenvalue weighted by Gasteiger charge is -2.08. The number of allylic oxidation sites excluding steroid dienone is 2. The maximum Gasteiger partial charge on any atom is 0.389 e. The molecule has 0 unspecified atom stereocenters. The quantitative estimate of drug-likeness (QED) is 0.571. The van der Waals surface area contributed by atoms with Crippen LogP contribution in [0.1, 0.15) is 0 Å². The summed E-state index contributed by atoms with van der Waals surface area (Å²) in [6, 6.07) is 0. The minimum atomic E-state index is -0.518. The Balaban J connectivity index is 2.34. The molecule has 0 spiro atoms. The lowest BCUT2D eigenvalue weighted by atomic mass is 10.2. The smallest absolute Gasteiger partial charge is 0.383 e. The average Bonchev–Trinajstić information content (AvgIpc) is 2.83. The van der Waals surface area contributed by atoms with Gasteiger partial charge in [-0.2, -0.15) is 0 Å². The van der Waals surface area contributed by atoms with Crippen LogP contribution in [0, 0.1) is 10.1 Å². The highest BCUT2D eigenvalue weighted by molar-refractivity contribution is 6.44. The number of dihydropyridines is 1. The summed E-state index contributed by atoms with van der Waals surface area (Å²) in [6.07, 6.45) is 7.01. The molecule has 2 rings (SSSR count). The summed E-state index contributed by atoms with van der Waals surface area (Å²) in [5.74, 6) is -0.245. The van der Waals surface area contributed by atoms with E-state index in [2.05, 4.69) is 15.0 Å². The van der Waals surface area contributed by atoms with Gasteiger partial charge in [-0.1, -0.05) is 0 Å². The number of amidine groups is 1. The molecule has 0 aromatic carbocycles. The van der Waals surface area contributed by atoms with Crippen LogP contribution in [0.4, 0.5) is 0 Å². The van der Waals surface area contributed by atoms with E-state index in [4.69, 9.17) is 0 Å². The van der Waals surface area contributed by atoms with E-state index in [-0.39, 0.29) is 11.5 Å². The molecule has 0 N–H and O–H groups in total. The monoisotopic (exact) mass is 302 g/mol. The van der Waals surface area contributed by atoms with Gasteiger partial charge in [-0.25, -0.2) is 4.99 Å². The fourth-order valence-corrected chi connectivity index (χ4v) is 1.78. The summed E-state index contributed by atoms with van der Waals surface area (Å²) in [4.78, 5) is 27.0. The Bertz CT molecular complexity index is 665. The first-order valence-corrected chi connectivity index (χ1v) is 6.66. The highest BCUT2D eigenvalue weighted by atomic mass is 16.6. The Morgan fingerprint density at radius 2 is 1.91 bits per heavy atom. The molecule has 0 radical (unpaired) electrons.